The fourth-order valence-corrected chi connectivity index (χ4v) is 10.3. The second-order valence-electron chi connectivity index (χ2n) is 17.0. The highest BCUT2D eigenvalue weighted by molar-refractivity contribution is 6.19. The second-order valence-corrected chi connectivity index (χ2v) is 17.0. The number of para-hydroxylation sites is 2. The van der Waals surface area contributed by atoms with Gasteiger partial charge in [-0.3, -0.25) is 4.57 Å². The van der Waals surface area contributed by atoms with Gasteiger partial charge in [-0.1, -0.05) is 153 Å². The van der Waals surface area contributed by atoms with Crippen LogP contribution in [0.3, 0.4) is 0 Å². The van der Waals surface area contributed by atoms with Gasteiger partial charge < -0.3 is 4.57 Å². The van der Waals surface area contributed by atoms with Crippen LogP contribution in [0.15, 0.2) is 194 Å². The van der Waals surface area contributed by atoms with Crippen LogP contribution in [0.4, 0.5) is 0 Å². The maximum Gasteiger partial charge on any atom is 0.165 e. The highest BCUT2D eigenvalue weighted by atomic mass is 15.1. The fraction of sp³-hybridized carbons (Fsp3) is 0.0526. The molecule has 1 aliphatic rings. The molecule has 0 aliphatic heterocycles. The highest BCUT2D eigenvalue weighted by Gasteiger charge is 2.40. The lowest BCUT2D eigenvalue weighted by Crippen LogP contribution is -2.18. The van der Waals surface area contributed by atoms with Gasteiger partial charge in [0.15, 0.2) is 5.82 Å². The Morgan fingerprint density at radius 2 is 0.984 bits per heavy atom. The maximum atomic E-state index is 5.95. The number of fused-ring (bicyclic) bond motifs is 11. The third-order valence-electron chi connectivity index (χ3n) is 13.2. The Labute approximate surface area is 352 Å². The monoisotopic (exact) mass is 778 g/mol. The molecule has 9 aromatic carbocycles. The maximum absolute atomic E-state index is 5.95. The van der Waals surface area contributed by atoms with Crippen molar-refractivity contribution in [1.82, 2.24) is 19.1 Å². The van der Waals surface area contributed by atoms with Crippen molar-refractivity contribution in [3.05, 3.63) is 205 Å². The average molecular weight is 779 g/mol. The Morgan fingerprint density at radius 3 is 1.67 bits per heavy atom. The van der Waals surface area contributed by atoms with E-state index >= 15 is 0 Å². The molecule has 0 fully saturated rings. The largest absolute Gasteiger partial charge is 0.309 e. The quantitative estimate of drug-likeness (QED) is 0.178. The van der Waals surface area contributed by atoms with Crippen molar-refractivity contribution in [3.8, 4) is 45.1 Å². The molecule has 61 heavy (non-hydrogen) atoms. The minimum absolute atomic E-state index is 0.390. The summed E-state index contributed by atoms with van der Waals surface area (Å²) < 4.78 is 4.80. The molecule has 1 aliphatic carbocycles. The summed E-state index contributed by atoms with van der Waals surface area (Å²) in [5, 5.41) is 9.53. The van der Waals surface area contributed by atoms with E-state index in [0.29, 0.717) is 0 Å². The smallest absolute Gasteiger partial charge is 0.165 e. The standard InChI is InChI=1S/C57H38N4/c1-57(2)47-29-28-40(35-16-5-3-6-17-35)32-46(47)53-55(57)58-54(43-25-15-27-49-52(43)42-24-13-14-26-48(42)60(49)41-22-7-4-8-23-41)56(59-53)61-50-33-38-20-11-9-18-36(38)30-44(50)45-31-37-19-10-12-21-39(37)34-51(45)61/h3-34H,1-2H3. The van der Waals surface area contributed by atoms with Crippen LogP contribution in [0, 0.1) is 0 Å². The van der Waals surface area contributed by atoms with E-state index in [0.717, 1.165) is 67.2 Å². The zero-order valence-electron chi connectivity index (χ0n) is 33.8. The molecular formula is C57H38N4. The summed E-state index contributed by atoms with van der Waals surface area (Å²) in [7, 11) is 0. The molecule has 0 unspecified atom stereocenters. The number of rotatable bonds is 4. The van der Waals surface area contributed by atoms with Crippen molar-refractivity contribution in [2.24, 2.45) is 0 Å². The van der Waals surface area contributed by atoms with Crippen molar-refractivity contribution < 1.29 is 0 Å². The van der Waals surface area contributed by atoms with E-state index in [9.17, 15) is 0 Å². The van der Waals surface area contributed by atoms with Crippen LogP contribution in [0.5, 0.6) is 0 Å². The van der Waals surface area contributed by atoms with Gasteiger partial charge >= 0.3 is 0 Å². The van der Waals surface area contributed by atoms with E-state index in [1.807, 2.05) is 0 Å². The van der Waals surface area contributed by atoms with E-state index in [1.165, 1.54) is 54.4 Å². The number of aromatic nitrogens is 4. The molecule has 13 rings (SSSR count). The molecule has 0 radical (unpaired) electrons. The molecule has 286 valence electrons. The Kier molecular flexibility index (Phi) is 7.04. The van der Waals surface area contributed by atoms with E-state index in [4.69, 9.17) is 9.97 Å². The minimum Gasteiger partial charge on any atom is -0.309 e. The summed E-state index contributed by atoms with van der Waals surface area (Å²) in [4.78, 5) is 11.9. The minimum atomic E-state index is -0.390. The lowest BCUT2D eigenvalue weighted by molar-refractivity contribution is 0.635. The molecule has 0 saturated heterocycles. The normalized spacial score (nSPS) is 13.2. The third kappa shape index (κ3) is 4.87. The van der Waals surface area contributed by atoms with Gasteiger partial charge in [-0.05, 0) is 92.8 Å². The summed E-state index contributed by atoms with van der Waals surface area (Å²) >= 11 is 0. The van der Waals surface area contributed by atoms with Gasteiger partial charge in [-0.25, -0.2) is 9.97 Å². The Morgan fingerprint density at radius 1 is 0.393 bits per heavy atom. The van der Waals surface area contributed by atoms with Gasteiger partial charge in [-0.15, -0.1) is 0 Å². The van der Waals surface area contributed by atoms with Gasteiger partial charge in [0, 0.05) is 43.8 Å². The number of nitrogens with zero attached hydrogens (tertiary/aromatic N) is 4. The average Bonchev–Trinajstić information content (AvgIpc) is 3.89. The predicted octanol–water partition coefficient (Wildman–Crippen LogP) is 14.6. The van der Waals surface area contributed by atoms with Crippen LogP contribution >= 0.6 is 0 Å². The Hall–Kier alpha value is -7.82. The van der Waals surface area contributed by atoms with Crippen LogP contribution in [0.25, 0.3) is 110 Å². The van der Waals surface area contributed by atoms with Gasteiger partial charge in [0.05, 0.1) is 33.5 Å². The van der Waals surface area contributed by atoms with Crippen molar-refractivity contribution in [2.75, 3.05) is 0 Å². The summed E-state index contributed by atoms with van der Waals surface area (Å²) in [5.41, 5.74) is 13.8. The first kappa shape index (κ1) is 34.1. The van der Waals surface area contributed by atoms with Crippen molar-refractivity contribution in [3.63, 3.8) is 0 Å². The molecular weight excluding hydrogens is 741 g/mol. The van der Waals surface area contributed by atoms with Crippen molar-refractivity contribution in [1.29, 1.82) is 0 Å². The fourth-order valence-electron chi connectivity index (χ4n) is 10.3. The SMILES string of the molecule is CC1(C)c2ccc(-c3ccccc3)cc2-c2nc(-n3c4cc5ccccc5cc4c4cc5ccccc5cc43)c(-c3cccc4c3c3ccccc3n4-c3ccccc3)nc21. The van der Waals surface area contributed by atoms with Gasteiger partial charge in [0.25, 0.3) is 0 Å². The molecule has 12 aromatic rings. The summed E-state index contributed by atoms with van der Waals surface area (Å²) in [5.74, 6) is 0.821. The Bertz CT molecular complexity index is 3690. The lowest BCUT2D eigenvalue weighted by atomic mass is 9.84. The zero-order valence-corrected chi connectivity index (χ0v) is 33.8. The van der Waals surface area contributed by atoms with Crippen LogP contribution in [0.2, 0.25) is 0 Å². The molecule has 0 bridgehead atoms. The van der Waals surface area contributed by atoms with Crippen molar-refractivity contribution >= 4 is 65.2 Å². The first-order chi connectivity index (χ1) is 30.0. The highest BCUT2D eigenvalue weighted by Crippen LogP contribution is 2.51. The first-order valence-corrected chi connectivity index (χ1v) is 21.1. The summed E-state index contributed by atoms with van der Waals surface area (Å²) in [6.45, 7) is 4.61. The van der Waals surface area contributed by atoms with Crippen LogP contribution in [0.1, 0.15) is 25.1 Å². The molecule has 4 heteroatoms. The van der Waals surface area contributed by atoms with Crippen LogP contribution < -0.4 is 0 Å². The molecule has 3 heterocycles. The molecule has 4 nitrogen and oxygen atoms in total. The third-order valence-corrected chi connectivity index (χ3v) is 13.2. The molecule has 0 spiro atoms. The topological polar surface area (TPSA) is 35.6 Å². The van der Waals surface area contributed by atoms with Gasteiger partial charge in [0.2, 0.25) is 0 Å². The molecule has 3 aromatic heterocycles. The molecule has 0 amide bonds. The first-order valence-electron chi connectivity index (χ1n) is 21.1. The Balaban J connectivity index is 1.20. The molecule has 0 saturated carbocycles. The van der Waals surface area contributed by atoms with E-state index in [2.05, 4.69) is 217 Å². The van der Waals surface area contributed by atoms with Crippen molar-refractivity contribution in [2.45, 2.75) is 19.3 Å². The number of benzene rings is 9. The molecule has 0 atom stereocenters. The van der Waals surface area contributed by atoms with Crippen LogP contribution in [-0.2, 0) is 5.41 Å². The van der Waals surface area contributed by atoms with Gasteiger partial charge in [0.1, 0.15) is 5.69 Å². The molecule has 0 N–H and O–H groups in total. The summed E-state index contributed by atoms with van der Waals surface area (Å²) in [6.07, 6.45) is 0. The van der Waals surface area contributed by atoms with E-state index in [1.54, 1.807) is 0 Å². The number of hydrogen-bond acceptors (Lipinski definition) is 2. The van der Waals surface area contributed by atoms with E-state index in [-0.39, 0.29) is 5.41 Å². The summed E-state index contributed by atoms with van der Waals surface area (Å²) in [6, 6.07) is 70.5. The number of hydrogen-bond donors (Lipinski definition) is 0. The lowest BCUT2D eigenvalue weighted by Gasteiger charge is -2.22. The zero-order chi connectivity index (χ0) is 40.4. The van der Waals surface area contributed by atoms with E-state index < -0.39 is 0 Å². The second kappa shape index (κ2) is 12.6. The van der Waals surface area contributed by atoms with Gasteiger partial charge in [-0.2, -0.15) is 0 Å². The predicted molar refractivity (Wildman–Crippen MR) is 254 cm³/mol. The van der Waals surface area contributed by atoms with Crippen LogP contribution in [-0.4, -0.2) is 19.1 Å².